The zero-order valence-corrected chi connectivity index (χ0v) is 7.86. The van der Waals surface area contributed by atoms with Crippen molar-refractivity contribution in [3.05, 3.63) is 0 Å². The maximum absolute atomic E-state index is 4.80. The molecule has 1 radical (unpaired) electrons. The Labute approximate surface area is 67.6 Å². The van der Waals surface area contributed by atoms with Gasteiger partial charge >= 0.3 is 0 Å². The zero-order valence-electron chi connectivity index (χ0n) is 6.22. The summed E-state index contributed by atoms with van der Waals surface area (Å²) in [6.45, 7) is 4.50. The summed E-state index contributed by atoms with van der Waals surface area (Å²) >= 11 is 4.80. The van der Waals surface area contributed by atoms with Gasteiger partial charge in [-0.05, 0) is 24.0 Å². The highest BCUT2D eigenvalue weighted by atomic mass is 33.1. The predicted octanol–water partition coefficient (Wildman–Crippen LogP) is 3.66. The number of unbranched alkanes of at least 4 members (excludes halogenated alkanes) is 1. The van der Waals surface area contributed by atoms with Crippen LogP contribution < -0.4 is 0 Å². The second-order valence-electron chi connectivity index (χ2n) is 2.53. The van der Waals surface area contributed by atoms with Gasteiger partial charge in [0.05, 0.1) is 0 Å². The van der Waals surface area contributed by atoms with E-state index in [4.69, 9.17) is 11.7 Å². The van der Waals surface area contributed by atoms with Crippen LogP contribution in [-0.2, 0) is 0 Å². The van der Waals surface area contributed by atoms with Crippen molar-refractivity contribution >= 4 is 22.5 Å². The van der Waals surface area contributed by atoms with E-state index in [-0.39, 0.29) is 0 Å². The van der Waals surface area contributed by atoms with Gasteiger partial charge in [-0.25, -0.2) is 0 Å². The summed E-state index contributed by atoms with van der Waals surface area (Å²) in [6.07, 6.45) is 4.02. The van der Waals surface area contributed by atoms with E-state index in [1.54, 1.807) is 10.8 Å². The van der Waals surface area contributed by atoms with Gasteiger partial charge in [-0.3, -0.25) is 0 Å². The molecule has 0 rings (SSSR count). The lowest BCUT2D eigenvalue weighted by molar-refractivity contribution is 0.558. The molecule has 0 aliphatic carbocycles. The second kappa shape index (κ2) is 6.81. The molecule has 0 amide bonds. The molecular formula is C7H15S2. The van der Waals surface area contributed by atoms with Crippen molar-refractivity contribution in [3.63, 3.8) is 0 Å². The molecule has 55 valence electrons. The van der Waals surface area contributed by atoms with Crippen LogP contribution >= 0.6 is 22.5 Å². The molecular weight excluding hydrogens is 148 g/mol. The second-order valence-corrected chi connectivity index (χ2v) is 3.81. The first kappa shape index (κ1) is 9.70. The minimum Gasteiger partial charge on any atom is -0.0815 e. The predicted molar refractivity (Wildman–Crippen MR) is 48.7 cm³/mol. The zero-order chi connectivity index (χ0) is 7.11. The largest absolute Gasteiger partial charge is 0.0815 e. The Hall–Kier alpha value is 0.700. The van der Waals surface area contributed by atoms with Crippen molar-refractivity contribution in [2.24, 2.45) is 5.92 Å². The molecule has 0 aromatic heterocycles. The van der Waals surface area contributed by atoms with Crippen molar-refractivity contribution < 1.29 is 0 Å². The third-order valence-electron chi connectivity index (χ3n) is 1.40. The Bertz CT molecular complexity index is 54.9. The van der Waals surface area contributed by atoms with E-state index in [9.17, 15) is 0 Å². The maximum Gasteiger partial charge on any atom is 0.00711 e. The molecule has 0 N–H and O–H groups in total. The number of hydrogen-bond acceptors (Lipinski definition) is 1. The fourth-order valence-corrected chi connectivity index (χ4v) is 1.85. The lowest BCUT2D eigenvalue weighted by Gasteiger charge is -2.05. The van der Waals surface area contributed by atoms with Crippen molar-refractivity contribution in [3.8, 4) is 0 Å². The van der Waals surface area contributed by atoms with E-state index in [1.807, 2.05) is 0 Å². The Morgan fingerprint density at radius 1 is 1.56 bits per heavy atom. The Morgan fingerprint density at radius 2 is 2.22 bits per heavy atom. The SMILES string of the molecule is CCCCC(C)CS[S]. The van der Waals surface area contributed by atoms with Crippen LogP contribution in [-0.4, -0.2) is 5.75 Å². The van der Waals surface area contributed by atoms with Crippen molar-refractivity contribution in [1.82, 2.24) is 0 Å². The molecule has 0 aliphatic rings. The van der Waals surface area contributed by atoms with Gasteiger partial charge < -0.3 is 0 Å². The van der Waals surface area contributed by atoms with Gasteiger partial charge in [-0.1, -0.05) is 37.5 Å². The van der Waals surface area contributed by atoms with Crippen LogP contribution in [0, 0.1) is 5.92 Å². The van der Waals surface area contributed by atoms with Crippen LogP contribution in [0.4, 0.5) is 0 Å². The van der Waals surface area contributed by atoms with E-state index in [2.05, 4.69) is 13.8 Å². The van der Waals surface area contributed by atoms with Gasteiger partial charge in [0.15, 0.2) is 0 Å². The van der Waals surface area contributed by atoms with E-state index >= 15 is 0 Å². The molecule has 9 heavy (non-hydrogen) atoms. The van der Waals surface area contributed by atoms with Gasteiger partial charge in [0.25, 0.3) is 0 Å². The highest BCUT2D eigenvalue weighted by molar-refractivity contribution is 8.68. The lowest BCUT2D eigenvalue weighted by atomic mass is 10.1. The van der Waals surface area contributed by atoms with E-state index in [0.29, 0.717) is 0 Å². The van der Waals surface area contributed by atoms with Crippen molar-refractivity contribution in [2.45, 2.75) is 33.1 Å². The van der Waals surface area contributed by atoms with Gasteiger partial charge in [0.1, 0.15) is 0 Å². The summed E-state index contributed by atoms with van der Waals surface area (Å²) in [7, 11) is 1.54. The first-order valence-electron chi connectivity index (χ1n) is 3.56. The molecule has 0 aromatic rings. The fraction of sp³-hybridized carbons (Fsp3) is 1.00. The molecule has 0 bridgehead atoms. The highest BCUT2D eigenvalue weighted by Crippen LogP contribution is 2.16. The van der Waals surface area contributed by atoms with Crippen molar-refractivity contribution in [1.29, 1.82) is 0 Å². The van der Waals surface area contributed by atoms with Gasteiger partial charge in [0.2, 0.25) is 0 Å². The molecule has 0 fully saturated rings. The van der Waals surface area contributed by atoms with Crippen molar-refractivity contribution in [2.75, 3.05) is 5.75 Å². The molecule has 1 unspecified atom stereocenters. The van der Waals surface area contributed by atoms with Crippen LogP contribution in [0.2, 0.25) is 0 Å². The lowest BCUT2D eigenvalue weighted by Crippen LogP contribution is -1.95. The summed E-state index contributed by atoms with van der Waals surface area (Å²) in [5, 5.41) is 0. The summed E-state index contributed by atoms with van der Waals surface area (Å²) in [5.41, 5.74) is 0. The smallest absolute Gasteiger partial charge is 0.00711 e. The summed E-state index contributed by atoms with van der Waals surface area (Å²) < 4.78 is 0. The van der Waals surface area contributed by atoms with Crippen LogP contribution in [0.25, 0.3) is 0 Å². The standard InChI is InChI=1S/C7H15S2/c1-3-4-5-7(2)6-9-8/h7H,3-6H2,1-2H3. The molecule has 1 atom stereocenters. The van der Waals surface area contributed by atoms with Crippen LogP contribution in [0.5, 0.6) is 0 Å². The first-order chi connectivity index (χ1) is 4.31. The van der Waals surface area contributed by atoms with Crippen LogP contribution in [0.15, 0.2) is 0 Å². The Kier molecular flexibility index (Phi) is 7.34. The topological polar surface area (TPSA) is 0 Å². The Balaban J connectivity index is 2.95. The minimum atomic E-state index is 0.826. The van der Waals surface area contributed by atoms with E-state index in [0.717, 1.165) is 11.7 Å². The summed E-state index contributed by atoms with van der Waals surface area (Å²) in [4.78, 5) is 0. The molecule has 0 aromatic carbocycles. The van der Waals surface area contributed by atoms with E-state index < -0.39 is 0 Å². The average molecular weight is 163 g/mol. The monoisotopic (exact) mass is 163 g/mol. The van der Waals surface area contributed by atoms with Gasteiger partial charge in [-0.15, -0.1) is 0 Å². The summed E-state index contributed by atoms with van der Waals surface area (Å²) in [5.74, 6) is 1.97. The molecule has 0 nitrogen and oxygen atoms in total. The van der Waals surface area contributed by atoms with Gasteiger partial charge in [0, 0.05) is 5.75 Å². The first-order valence-corrected chi connectivity index (χ1v) is 5.47. The van der Waals surface area contributed by atoms with Crippen LogP contribution in [0.1, 0.15) is 33.1 Å². The number of hydrogen-bond donors (Lipinski definition) is 0. The minimum absolute atomic E-state index is 0.826. The quantitative estimate of drug-likeness (QED) is 0.557. The summed E-state index contributed by atoms with van der Waals surface area (Å²) in [6, 6.07) is 0. The highest BCUT2D eigenvalue weighted by Gasteiger charge is 1.98. The third kappa shape index (κ3) is 6.59. The molecule has 0 spiro atoms. The van der Waals surface area contributed by atoms with Gasteiger partial charge in [-0.2, -0.15) is 0 Å². The fourth-order valence-electron chi connectivity index (χ4n) is 0.752. The molecule has 0 saturated carbocycles. The maximum atomic E-state index is 4.80. The van der Waals surface area contributed by atoms with E-state index in [1.165, 1.54) is 19.3 Å². The third-order valence-corrected chi connectivity index (χ3v) is 2.52. The number of rotatable bonds is 5. The molecule has 0 saturated heterocycles. The average Bonchev–Trinajstić information content (AvgIpc) is 1.85. The Morgan fingerprint density at radius 3 is 2.67 bits per heavy atom. The molecule has 0 aliphatic heterocycles. The normalized spacial score (nSPS) is 13.7. The molecule has 0 heterocycles. The van der Waals surface area contributed by atoms with Crippen LogP contribution in [0.3, 0.4) is 0 Å². The molecule has 2 heteroatoms.